The Morgan fingerprint density at radius 1 is 1.33 bits per heavy atom. The molecular weight excluding hydrogens is 241 g/mol. The first-order valence-corrected chi connectivity index (χ1v) is 4.88. The molecule has 0 radical (unpaired) electrons. The van der Waals surface area contributed by atoms with Crippen LogP contribution in [-0.4, -0.2) is 31.3 Å². The Hall–Kier alpha value is -0.840. The van der Waals surface area contributed by atoms with Crippen LogP contribution in [0.4, 0.5) is 0 Å². The first kappa shape index (κ1) is 12.2. The van der Waals surface area contributed by atoms with E-state index >= 15 is 0 Å². The molecule has 0 aliphatic heterocycles. The van der Waals surface area contributed by atoms with Gasteiger partial charge in [0.05, 0.1) is 12.2 Å². The van der Waals surface area contributed by atoms with Crippen molar-refractivity contribution in [3.05, 3.63) is 28.0 Å². The molecule has 15 heavy (non-hydrogen) atoms. The summed E-state index contributed by atoms with van der Waals surface area (Å²) in [6, 6.07) is 2.78. The Balaban J connectivity index is 2.65. The van der Waals surface area contributed by atoms with Crippen LogP contribution in [0.2, 0.25) is 10.3 Å². The van der Waals surface area contributed by atoms with Gasteiger partial charge in [0.1, 0.15) is 16.9 Å². The number of hydrogen-bond donors (Lipinski definition) is 0. The lowest BCUT2D eigenvalue weighted by molar-refractivity contribution is 0.0388. The summed E-state index contributed by atoms with van der Waals surface area (Å²) >= 11 is 11.3. The van der Waals surface area contributed by atoms with Crippen LogP contribution < -0.4 is 0 Å². The molecule has 0 bridgehead atoms. The quantitative estimate of drug-likeness (QED) is 0.467. The van der Waals surface area contributed by atoms with E-state index in [9.17, 15) is 4.79 Å². The number of carbonyl (C=O) groups is 1. The summed E-state index contributed by atoms with van der Waals surface area (Å²) in [5, 5.41) is 0.308. The number of carbonyl (C=O) groups excluding carboxylic acids is 1. The Kier molecular flexibility index (Phi) is 4.81. The highest BCUT2D eigenvalue weighted by Gasteiger charge is 2.09. The minimum Gasteiger partial charge on any atom is -0.460 e. The van der Waals surface area contributed by atoms with Gasteiger partial charge in [0.25, 0.3) is 0 Å². The van der Waals surface area contributed by atoms with Gasteiger partial charge in [-0.3, -0.25) is 0 Å². The highest BCUT2D eigenvalue weighted by atomic mass is 35.5. The molecule has 0 atom stereocenters. The van der Waals surface area contributed by atoms with E-state index in [-0.39, 0.29) is 22.5 Å². The van der Waals surface area contributed by atoms with E-state index in [1.165, 1.54) is 19.2 Å². The molecule has 0 fully saturated rings. The zero-order valence-corrected chi connectivity index (χ0v) is 9.51. The van der Waals surface area contributed by atoms with E-state index < -0.39 is 5.97 Å². The number of esters is 1. The molecule has 0 aromatic carbocycles. The van der Waals surface area contributed by atoms with Crippen molar-refractivity contribution in [3.63, 3.8) is 0 Å². The number of hydrogen-bond acceptors (Lipinski definition) is 4. The number of pyridine rings is 1. The van der Waals surface area contributed by atoms with Crippen molar-refractivity contribution < 1.29 is 14.3 Å². The van der Waals surface area contributed by atoms with E-state index in [0.717, 1.165) is 0 Å². The molecule has 0 amide bonds. The molecule has 0 saturated heterocycles. The molecular formula is C9H9Cl2NO3. The Labute approximate surface area is 97.1 Å². The predicted octanol–water partition coefficient (Wildman–Crippen LogP) is 2.19. The molecule has 0 unspecified atom stereocenters. The van der Waals surface area contributed by atoms with E-state index in [0.29, 0.717) is 6.61 Å². The summed E-state index contributed by atoms with van der Waals surface area (Å²) in [6.07, 6.45) is 0. The maximum Gasteiger partial charge on any atom is 0.338 e. The fraction of sp³-hybridized carbons (Fsp3) is 0.333. The maximum atomic E-state index is 11.4. The van der Waals surface area contributed by atoms with Gasteiger partial charge >= 0.3 is 5.97 Å². The Bertz CT molecular complexity index is 337. The summed E-state index contributed by atoms with van der Waals surface area (Å²) < 4.78 is 9.60. The van der Waals surface area contributed by atoms with Gasteiger partial charge in [0.15, 0.2) is 0 Å². The molecule has 1 rings (SSSR count). The minimum absolute atomic E-state index is 0.154. The zero-order chi connectivity index (χ0) is 11.3. The maximum absolute atomic E-state index is 11.4. The van der Waals surface area contributed by atoms with E-state index in [1.807, 2.05) is 0 Å². The zero-order valence-electron chi connectivity index (χ0n) is 8.00. The molecule has 0 aliphatic carbocycles. The Morgan fingerprint density at radius 2 is 1.93 bits per heavy atom. The average molecular weight is 250 g/mol. The second kappa shape index (κ2) is 5.90. The van der Waals surface area contributed by atoms with Crippen LogP contribution in [0.1, 0.15) is 10.4 Å². The number of rotatable bonds is 4. The average Bonchev–Trinajstić information content (AvgIpc) is 2.16. The van der Waals surface area contributed by atoms with Crippen molar-refractivity contribution in [3.8, 4) is 0 Å². The summed E-state index contributed by atoms with van der Waals surface area (Å²) in [7, 11) is 1.52. The van der Waals surface area contributed by atoms with Crippen molar-refractivity contribution in [2.24, 2.45) is 0 Å². The number of aromatic nitrogens is 1. The van der Waals surface area contributed by atoms with Crippen LogP contribution in [0.5, 0.6) is 0 Å². The molecule has 1 aromatic rings. The van der Waals surface area contributed by atoms with E-state index in [1.54, 1.807) is 0 Å². The normalized spacial score (nSPS) is 10.1. The third-order valence-electron chi connectivity index (χ3n) is 1.52. The molecule has 0 spiro atoms. The molecule has 0 aliphatic rings. The van der Waals surface area contributed by atoms with Crippen LogP contribution in [-0.2, 0) is 9.47 Å². The van der Waals surface area contributed by atoms with E-state index in [2.05, 4.69) is 4.98 Å². The van der Waals surface area contributed by atoms with Gasteiger partial charge in [0.2, 0.25) is 0 Å². The molecule has 0 saturated carbocycles. The summed E-state index contributed by atoms with van der Waals surface area (Å²) in [6.45, 7) is 0.533. The second-order valence-corrected chi connectivity index (χ2v) is 3.40. The van der Waals surface area contributed by atoms with Crippen molar-refractivity contribution in [2.45, 2.75) is 0 Å². The lowest BCUT2D eigenvalue weighted by Crippen LogP contribution is -2.10. The fourth-order valence-electron chi connectivity index (χ4n) is 0.884. The van der Waals surface area contributed by atoms with Gasteiger partial charge in [0, 0.05) is 7.11 Å². The first-order valence-electron chi connectivity index (χ1n) is 4.12. The molecule has 0 N–H and O–H groups in total. The standard InChI is InChI=1S/C9H9Cl2NO3/c1-14-2-3-15-9(13)6-4-7(10)12-8(11)5-6/h4-5H,2-3H2,1H3. The van der Waals surface area contributed by atoms with Crippen LogP contribution in [0.15, 0.2) is 12.1 Å². The molecule has 4 nitrogen and oxygen atoms in total. The monoisotopic (exact) mass is 249 g/mol. The van der Waals surface area contributed by atoms with Crippen molar-refractivity contribution >= 4 is 29.2 Å². The summed E-state index contributed by atoms with van der Waals surface area (Å²) in [5.74, 6) is -0.502. The number of ether oxygens (including phenoxy) is 2. The first-order chi connectivity index (χ1) is 7.13. The highest BCUT2D eigenvalue weighted by Crippen LogP contribution is 2.15. The molecule has 1 aromatic heterocycles. The minimum atomic E-state index is -0.502. The summed E-state index contributed by atoms with van der Waals surface area (Å²) in [4.78, 5) is 15.1. The number of methoxy groups -OCH3 is 1. The van der Waals surface area contributed by atoms with Gasteiger partial charge in [-0.1, -0.05) is 23.2 Å². The van der Waals surface area contributed by atoms with Gasteiger partial charge in [-0.25, -0.2) is 9.78 Å². The summed E-state index contributed by atoms with van der Waals surface area (Å²) in [5.41, 5.74) is 0.274. The van der Waals surface area contributed by atoms with Gasteiger partial charge in [-0.15, -0.1) is 0 Å². The SMILES string of the molecule is COCCOC(=O)c1cc(Cl)nc(Cl)c1. The third-order valence-corrected chi connectivity index (χ3v) is 1.91. The number of nitrogens with zero attached hydrogens (tertiary/aromatic N) is 1. The molecule has 1 heterocycles. The third kappa shape index (κ3) is 4.03. The van der Waals surface area contributed by atoms with Crippen LogP contribution in [0, 0.1) is 0 Å². The van der Waals surface area contributed by atoms with Crippen LogP contribution in [0.3, 0.4) is 0 Å². The predicted molar refractivity (Wildman–Crippen MR) is 56.4 cm³/mol. The second-order valence-electron chi connectivity index (χ2n) is 2.63. The molecule has 6 heteroatoms. The Morgan fingerprint density at radius 3 is 2.47 bits per heavy atom. The smallest absolute Gasteiger partial charge is 0.338 e. The topological polar surface area (TPSA) is 48.4 Å². The highest BCUT2D eigenvalue weighted by molar-refractivity contribution is 6.32. The van der Waals surface area contributed by atoms with Gasteiger partial charge in [-0.2, -0.15) is 0 Å². The van der Waals surface area contributed by atoms with Gasteiger partial charge in [-0.05, 0) is 12.1 Å². The lowest BCUT2D eigenvalue weighted by Gasteiger charge is -2.04. The fourth-order valence-corrected chi connectivity index (χ4v) is 1.34. The lowest BCUT2D eigenvalue weighted by atomic mass is 10.3. The van der Waals surface area contributed by atoms with Crippen molar-refractivity contribution in [2.75, 3.05) is 20.3 Å². The van der Waals surface area contributed by atoms with Gasteiger partial charge < -0.3 is 9.47 Å². The van der Waals surface area contributed by atoms with Crippen molar-refractivity contribution in [1.29, 1.82) is 0 Å². The van der Waals surface area contributed by atoms with Crippen LogP contribution in [0.25, 0.3) is 0 Å². The van der Waals surface area contributed by atoms with E-state index in [4.69, 9.17) is 32.7 Å². The van der Waals surface area contributed by atoms with Crippen molar-refractivity contribution in [1.82, 2.24) is 4.98 Å². The molecule has 82 valence electrons. The largest absolute Gasteiger partial charge is 0.460 e. The number of halogens is 2. The van der Waals surface area contributed by atoms with Crippen LogP contribution >= 0.6 is 23.2 Å².